The van der Waals surface area contributed by atoms with Gasteiger partial charge in [0.25, 0.3) is 5.56 Å². The third-order valence-corrected chi connectivity index (χ3v) is 6.70. The highest BCUT2D eigenvalue weighted by molar-refractivity contribution is 7.99. The van der Waals surface area contributed by atoms with E-state index in [1.807, 2.05) is 37.3 Å². The molecule has 162 valence electrons. The summed E-state index contributed by atoms with van der Waals surface area (Å²) in [6.07, 6.45) is 0. The van der Waals surface area contributed by atoms with Crippen molar-refractivity contribution in [3.05, 3.63) is 58.9 Å². The molecule has 0 unspecified atom stereocenters. The number of benzene rings is 2. The number of nitrogens with one attached hydrogen (secondary N) is 1. The molecule has 3 heterocycles. The minimum Gasteiger partial charge on any atom is -0.454 e. The van der Waals surface area contributed by atoms with Crippen LogP contribution in [0.25, 0.3) is 21.5 Å². The number of anilines is 1. The number of rotatable bonds is 6. The third-order valence-electron chi connectivity index (χ3n) is 4.90. The number of carbonyl (C=O) groups is 1. The first kappa shape index (κ1) is 20.5. The van der Waals surface area contributed by atoms with Crippen LogP contribution in [0, 0.1) is 0 Å². The van der Waals surface area contributed by atoms with Crippen LogP contribution in [0.4, 0.5) is 5.69 Å². The first-order chi connectivity index (χ1) is 15.6. The van der Waals surface area contributed by atoms with E-state index in [1.54, 1.807) is 22.8 Å². The van der Waals surface area contributed by atoms with E-state index < -0.39 is 0 Å². The Morgan fingerprint density at radius 2 is 2.00 bits per heavy atom. The summed E-state index contributed by atoms with van der Waals surface area (Å²) in [5.41, 5.74) is 2.61. The van der Waals surface area contributed by atoms with E-state index >= 15 is 0 Å². The van der Waals surface area contributed by atoms with Crippen LogP contribution >= 0.6 is 23.3 Å². The summed E-state index contributed by atoms with van der Waals surface area (Å²) in [4.78, 5) is 30.3. The normalized spacial score (nSPS) is 12.3. The summed E-state index contributed by atoms with van der Waals surface area (Å²) in [7, 11) is 0. The highest BCUT2D eigenvalue weighted by Gasteiger charge is 2.19. The first-order valence-electron chi connectivity index (χ1n) is 9.92. The lowest BCUT2D eigenvalue weighted by molar-refractivity contribution is -0.113. The average molecular weight is 467 g/mol. The van der Waals surface area contributed by atoms with Gasteiger partial charge in [0.2, 0.25) is 12.7 Å². The summed E-state index contributed by atoms with van der Waals surface area (Å²) in [5, 5.41) is 3.33. The zero-order chi connectivity index (χ0) is 22.1. The van der Waals surface area contributed by atoms with Gasteiger partial charge in [-0.1, -0.05) is 42.1 Å². The van der Waals surface area contributed by atoms with Crippen LogP contribution in [0.2, 0.25) is 0 Å². The lowest BCUT2D eigenvalue weighted by atomic mass is 10.1. The monoisotopic (exact) mass is 466 g/mol. The Morgan fingerprint density at radius 3 is 2.81 bits per heavy atom. The highest BCUT2D eigenvalue weighted by atomic mass is 32.2. The van der Waals surface area contributed by atoms with Gasteiger partial charge in [0.05, 0.1) is 5.75 Å². The fraction of sp³-hybridized carbons (Fsp3) is 0.182. The van der Waals surface area contributed by atoms with Gasteiger partial charge in [0, 0.05) is 23.9 Å². The van der Waals surface area contributed by atoms with Crippen molar-refractivity contribution in [2.75, 3.05) is 17.9 Å². The van der Waals surface area contributed by atoms with Gasteiger partial charge in [-0.2, -0.15) is 4.37 Å². The second-order valence-corrected chi connectivity index (χ2v) is 8.64. The molecule has 1 N–H and O–H groups in total. The smallest absolute Gasteiger partial charge is 0.273 e. The maximum Gasteiger partial charge on any atom is 0.273 e. The third kappa shape index (κ3) is 3.82. The van der Waals surface area contributed by atoms with Gasteiger partial charge in [0.1, 0.15) is 15.9 Å². The number of aromatic nitrogens is 3. The maximum absolute atomic E-state index is 13.0. The van der Waals surface area contributed by atoms with Gasteiger partial charge >= 0.3 is 0 Å². The van der Waals surface area contributed by atoms with Crippen LogP contribution in [-0.2, 0) is 11.3 Å². The molecule has 4 aromatic rings. The number of ether oxygens (including phenoxy) is 2. The van der Waals surface area contributed by atoms with E-state index in [4.69, 9.17) is 14.5 Å². The standard InChI is InChI=1S/C22H18N4O4S2/c1-2-26-21(28)20-19(18(25-32-20)13-6-4-3-5-7-13)24-22(26)31-11-17(27)23-14-8-9-15-16(10-14)30-12-29-15/h3-10H,2,11-12H2,1H3,(H,23,27). The largest absolute Gasteiger partial charge is 0.454 e. The highest BCUT2D eigenvalue weighted by Crippen LogP contribution is 2.34. The van der Waals surface area contributed by atoms with Gasteiger partial charge in [-0.3, -0.25) is 14.2 Å². The van der Waals surface area contributed by atoms with Gasteiger partial charge < -0.3 is 14.8 Å². The summed E-state index contributed by atoms with van der Waals surface area (Å²) in [6.45, 7) is 2.50. The number of thioether (sulfide) groups is 1. The van der Waals surface area contributed by atoms with Crippen molar-refractivity contribution in [3.63, 3.8) is 0 Å². The number of nitrogens with zero attached hydrogens (tertiary/aromatic N) is 3. The van der Waals surface area contributed by atoms with Crippen molar-refractivity contribution < 1.29 is 14.3 Å². The fourth-order valence-corrected chi connectivity index (χ4v) is 5.02. The Bertz CT molecular complexity index is 1370. The van der Waals surface area contributed by atoms with Gasteiger partial charge in [-0.25, -0.2) is 4.98 Å². The molecule has 0 saturated heterocycles. The predicted octanol–water partition coefficient (Wildman–Crippen LogP) is 4.00. The van der Waals surface area contributed by atoms with E-state index in [9.17, 15) is 9.59 Å². The molecule has 32 heavy (non-hydrogen) atoms. The lowest BCUT2D eigenvalue weighted by Gasteiger charge is -2.10. The molecule has 0 fully saturated rings. The van der Waals surface area contributed by atoms with Crippen LogP contribution in [-0.4, -0.2) is 32.4 Å². The summed E-state index contributed by atoms with van der Waals surface area (Å²) in [6, 6.07) is 14.9. The van der Waals surface area contributed by atoms with Crippen molar-refractivity contribution >= 4 is 45.1 Å². The van der Waals surface area contributed by atoms with E-state index in [1.165, 1.54) is 11.8 Å². The number of fused-ring (bicyclic) bond motifs is 2. The number of hydrogen-bond donors (Lipinski definition) is 1. The van der Waals surface area contributed by atoms with Crippen LogP contribution in [0.1, 0.15) is 6.92 Å². The minimum atomic E-state index is -0.211. The second kappa shape index (κ2) is 8.64. The number of hydrogen-bond acceptors (Lipinski definition) is 8. The molecule has 8 nitrogen and oxygen atoms in total. The topological polar surface area (TPSA) is 95.3 Å². The van der Waals surface area contributed by atoms with Crippen molar-refractivity contribution in [1.82, 2.24) is 13.9 Å². The number of amides is 1. The van der Waals surface area contributed by atoms with Crippen molar-refractivity contribution in [3.8, 4) is 22.8 Å². The molecule has 1 aliphatic rings. The molecular weight excluding hydrogens is 448 g/mol. The molecule has 0 aliphatic carbocycles. The molecule has 0 saturated carbocycles. The Labute approximate surface area is 191 Å². The van der Waals surface area contributed by atoms with E-state index in [0.717, 1.165) is 17.1 Å². The Balaban J connectivity index is 1.39. The van der Waals surface area contributed by atoms with E-state index in [-0.39, 0.29) is 24.0 Å². The van der Waals surface area contributed by atoms with Crippen LogP contribution in [0.5, 0.6) is 11.5 Å². The SMILES string of the molecule is CCn1c(SCC(=O)Nc2ccc3c(c2)OCO3)nc2c(-c3ccccc3)nsc2c1=O. The molecule has 2 aromatic carbocycles. The lowest BCUT2D eigenvalue weighted by Crippen LogP contribution is -2.22. The van der Waals surface area contributed by atoms with Gasteiger partial charge in [-0.05, 0) is 30.6 Å². The van der Waals surface area contributed by atoms with E-state index in [0.29, 0.717) is 44.8 Å². The Hall–Kier alpha value is -3.37. The molecule has 1 aliphatic heterocycles. The first-order valence-corrected chi connectivity index (χ1v) is 11.7. The Morgan fingerprint density at radius 1 is 1.19 bits per heavy atom. The van der Waals surface area contributed by atoms with Crippen LogP contribution in [0.3, 0.4) is 0 Å². The van der Waals surface area contributed by atoms with Crippen molar-refractivity contribution in [2.24, 2.45) is 0 Å². The zero-order valence-electron chi connectivity index (χ0n) is 17.0. The predicted molar refractivity (Wildman–Crippen MR) is 125 cm³/mol. The van der Waals surface area contributed by atoms with Crippen LogP contribution < -0.4 is 20.3 Å². The Kier molecular flexibility index (Phi) is 5.54. The molecule has 5 rings (SSSR count). The second-order valence-electron chi connectivity index (χ2n) is 6.92. The molecule has 0 spiro atoms. The molecule has 0 radical (unpaired) electrons. The minimum absolute atomic E-state index is 0.102. The molecule has 10 heteroatoms. The van der Waals surface area contributed by atoms with E-state index in [2.05, 4.69) is 9.69 Å². The summed E-state index contributed by atoms with van der Waals surface area (Å²) >= 11 is 2.37. The van der Waals surface area contributed by atoms with Gasteiger partial charge in [0.15, 0.2) is 16.7 Å². The zero-order valence-corrected chi connectivity index (χ0v) is 18.7. The summed E-state index contributed by atoms with van der Waals surface area (Å²) in [5.74, 6) is 1.14. The average Bonchev–Trinajstić information content (AvgIpc) is 3.45. The quantitative estimate of drug-likeness (QED) is 0.339. The molecule has 0 bridgehead atoms. The number of carbonyl (C=O) groups excluding carboxylic acids is 1. The molecule has 1 amide bonds. The van der Waals surface area contributed by atoms with Crippen molar-refractivity contribution in [2.45, 2.75) is 18.6 Å². The van der Waals surface area contributed by atoms with Gasteiger partial charge in [-0.15, -0.1) is 0 Å². The maximum atomic E-state index is 13.0. The molecule has 0 atom stereocenters. The summed E-state index contributed by atoms with van der Waals surface area (Å²) < 4.78 is 17.2. The fourth-order valence-electron chi connectivity index (χ4n) is 3.37. The van der Waals surface area contributed by atoms with Crippen LogP contribution in [0.15, 0.2) is 58.5 Å². The van der Waals surface area contributed by atoms with Crippen molar-refractivity contribution in [1.29, 1.82) is 0 Å². The molecular formula is C22H18N4O4S2. The molecule has 2 aromatic heterocycles.